The Morgan fingerprint density at radius 1 is 1.42 bits per heavy atom. The van der Waals surface area contributed by atoms with Crippen LogP contribution in [0.2, 0.25) is 0 Å². The monoisotopic (exact) mass is 263 g/mol. The van der Waals surface area contributed by atoms with Gasteiger partial charge in [0.05, 0.1) is 17.5 Å². The van der Waals surface area contributed by atoms with E-state index in [1.807, 2.05) is 0 Å². The van der Waals surface area contributed by atoms with E-state index in [9.17, 15) is 0 Å². The summed E-state index contributed by atoms with van der Waals surface area (Å²) in [7, 11) is 1.80. The van der Waals surface area contributed by atoms with Gasteiger partial charge in [0.1, 0.15) is 0 Å². The van der Waals surface area contributed by atoms with E-state index in [0.717, 1.165) is 44.0 Å². The summed E-state index contributed by atoms with van der Waals surface area (Å²) >= 11 is 0. The van der Waals surface area contributed by atoms with E-state index in [4.69, 9.17) is 9.72 Å². The predicted octanol–water partition coefficient (Wildman–Crippen LogP) is 1.80. The molecule has 1 unspecified atom stereocenters. The Hall–Kier alpha value is -0.970. The van der Waals surface area contributed by atoms with Crippen molar-refractivity contribution in [3.05, 3.63) is 29.6 Å². The number of ether oxygens (including phenoxy) is 1. The first-order valence-corrected chi connectivity index (χ1v) is 7.10. The molecule has 1 N–H and O–H groups in total. The molecule has 0 bridgehead atoms. The second-order valence-electron chi connectivity index (χ2n) is 5.54. The molecule has 4 nitrogen and oxygen atoms in total. The lowest BCUT2D eigenvalue weighted by Crippen LogP contribution is -2.24. The Bertz CT molecular complexity index is 395. The highest BCUT2D eigenvalue weighted by atomic mass is 16.5. The number of nitrogens with one attached hydrogen (secondary N) is 1. The zero-order valence-corrected chi connectivity index (χ0v) is 12.2. The molecule has 0 amide bonds. The summed E-state index contributed by atoms with van der Waals surface area (Å²) in [6.45, 7) is 8.20. The van der Waals surface area contributed by atoms with Crippen molar-refractivity contribution >= 4 is 0 Å². The van der Waals surface area contributed by atoms with Gasteiger partial charge in [0, 0.05) is 39.3 Å². The molecular weight excluding hydrogens is 238 g/mol. The van der Waals surface area contributed by atoms with Gasteiger partial charge in [-0.3, -0.25) is 9.88 Å². The van der Waals surface area contributed by atoms with Crippen molar-refractivity contribution in [2.45, 2.75) is 45.5 Å². The maximum Gasteiger partial charge on any atom is 0.0710 e. The Morgan fingerprint density at radius 3 is 2.89 bits per heavy atom. The van der Waals surface area contributed by atoms with Gasteiger partial charge >= 0.3 is 0 Å². The average Bonchev–Trinajstić information content (AvgIpc) is 2.84. The lowest BCUT2D eigenvalue weighted by molar-refractivity contribution is 0.107. The van der Waals surface area contributed by atoms with Crippen LogP contribution in [0.5, 0.6) is 0 Å². The summed E-state index contributed by atoms with van der Waals surface area (Å²) in [5.41, 5.74) is 2.27. The second-order valence-corrected chi connectivity index (χ2v) is 5.54. The fourth-order valence-electron chi connectivity index (χ4n) is 2.39. The van der Waals surface area contributed by atoms with Gasteiger partial charge in [-0.15, -0.1) is 0 Å². The van der Waals surface area contributed by atoms with Gasteiger partial charge in [0.15, 0.2) is 0 Å². The summed E-state index contributed by atoms with van der Waals surface area (Å²) in [6.07, 6.45) is 1.52. The molecule has 0 radical (unpaired) electrons. The van der Waals surface area contributed by atoms with Crippen LogP contribution in [0.4, 0.5) is 0 Å². The molecule has 1 aliphatic heterocycles. The first-order valence-electron chi connectivity index (χ1n) is 7.10. The van der Waals surface area contributed by atoms with E-state index in [1.165, 1.54) is 0 Å². The number of nitrogens with zero attached hydrogens (tertiary/aromatic N) is 2. The Morgan fingerprint density at radius 2 is 2.21 bits per heavy atom. The molecule has 2 heterocycles. The predicted molar refractivity (Wildman–Crippen MR) is 76.9 cm³/mol. The van der Waals surface area contributed by atoms with Crippen LogP contribution in [-0.2, 0) is 17.8 Å². The first kappa shape index (κ1) is 14.4. The number of rotatable bonds is 6. The second kappa shape index (κ2) is 6.98. The van der Waals surface area contributed by atoms with Crippen LogP contribution in [-0.4, -0.2) is 42.2 Å². The first-order chi connectivity index (χ1) is 9.17. The summed E-state index contributed by atoms with van der Waals surface area (Å²) in [6, 6.07) is 6.79. The largest absolute Gasteiger partial charge is 0.380 e. The van der Waals surface area contributed by atoms with Gasteiger partial charge in [0.25, 0.3) is 0 Å². The van der Waals surface area contributed by atoms with Gasteiger partial charge < -0.3 is 10.1 Å². The molecule has 19 heavy (non-hydrogen) atoms. The molecule has 1 atom stereocenters. The maximum absolute atomic E-state index is 5.40. The molecule has 2 rings (SSSR count). The quantitative estimate of drug-likeness (QED) is 0.849. The lowest BCUT2D eigenvalue weighted by atomic mass is 10.2. The molecule has 106 valence electrons. The number of hydrogen-bond donors (Lipinski definition) is 1. The average molecular weight is 263 g/mol. The molecule has 4 heteroatoms. The highest BCUT2D eigenvalue weighted by Gasteiger charge is 2.22. The van der Waals surface area contributed by atoms with Crippen molar-refractivity contribution in [1.29, 1.82) is 0 Å². The van der Waals surface area contributed by atoms with Crippen molar-refractivity contribution < 1.29 is 4.74 Å². The minimum absolute atomic E-state index is 0.394. The van der Waals surface area contributed by atoms with Crippen LogP contribution in [0, 0.1) is 0 Å². The van der Waals surface area contributed by atoms with Gasteiger partial charge in [-0.05, 0) is 18.6 Å². The summed E-state index contributed by atoms with van der Waals surface area (Å²) in [5, 5.41) is 3.40. The third-order valence-corrected chi connectivity index (χ3v) is 3.50. The third kappa shape index (κ3) is 4.56. The van der Waals surface area contributed by atoms with E-state index < -0.39 is 0 Å². The molecular formula is C15H25N3O. The minimum atomic E-state index is 0.394. The van der Waals surface area contributed by atoms with Gasteiger partial charge in [0.2, 0.25) is 0 Å². The van der Waals surface area contributed by atoms with Crippen molar-refractivity contribution in [2.24, 2.45) is 0 Å². The van der Waals surface area contributed by atoms with E-state index in [2.05, 4.69) is 42.3 Å². The van der Waals surface area contributed by atoms with E-state index in [1.54, 1.807) is 7.11 Å². The fraction of sp³-hybridized carbons (Fsp3) is 0.667. The van der Waals surface area contributed by atoms with Crippen LogP contribution < -0.4 is 5.32 Å². The third-order valence-electron chi connectivity index (χ3n) is 3.50. The number of pyridine rings is 1. The molecule has 0 aromatic carbocycles. The minimum Gasteiger partial charge on any atom is -0.380 e. The van der Waals surface area contributed by atoms with E-state index in [0.29, 0.717) is 12.1 Å². The van der Waals surface area contributed by atoms with E-state index >= 15 is 0 Å². The van der Waals surface area contributed by atoms with Crippen LogP contribution in [0.15, 0.2) is 18.2 Å². The van der Waals surface area contributed by atoms with Gasteiger partial charge in [-0.25, -0.2) is 0 Å². The maximum atomic E-state index is 5.40. The Labute approximate surface area is 116 Å². The molecule has 1 fully saturated rings. The molecule has 0 spiro atoms. The smallest absolute Gasteiger partial charge is 0.0710 e. The molecule has 1 aromatic rings. The van der Waals surface area contributed by atoms with Gasteiger partial charge in [-0.2, -0.15) is 0 Å². The highest BCUT2D eigenvalue weighted by Crippen LogP contribution is 2.14. The van der Waals surface area contributed by atoms with Crippen molar-refractivity contribution in [3.63, 3.8) is 0 Å². The van der Waals surface area contributed by atoms with E-state index in [-0.39, 0.29) is 0 Å². The van der Waals surface area contributed by atoms with Crippen molar-refractivity contribution in [3.8, 4) is 0 Å². The van der Waals surface area contributed by atoms with Crippen LogP contribution in [0.3, 0.4) is 0 Å². The molecule has 1 aromatic heterocycles. The molecule has 0 aliphatic carbocycles. The molecule has 1 saturated heterocycles. The SMILES string of the molecule is COC1CCN(Cc2cccc(CNC(C)C)n2)C1. The van der Waals surface area contributed by atoms with Crippen LogP contribution in [0.25, 0.3) is 0 Å². The Balaban J connectivity index is 1.88. The number of hydrogen-bond acceptors (Lipinski definition) is 4. The fourth-order valence-corrected chi connectivity index (χ4v) is 2.39. The van der Waals surface area contributed by atoms with Crippen LogP contribution in [0.1, 0.15) is 31.7 Å². The number of methoxy groups -OCH3 is 1. The zero-order valence-electron chi connectivity index (χ0n) is 12.2. The lowest BCUT2D eigenvalue weighted by Gasteiger charge is -2.15. The number of likely N-dealkylation sites (tertiary alicyclic amines) is 1. The molecule has 1 aliphatic rings. The highest BCUT2D eigenvalue weighted by molar-refractivity contribution is 5.11. The topological polar surface area (TPSA) is 37.4 Å². The van der Waals surface area contributed by atoms with Crippen LogP contribution >= 0.6 is 0 Å². The molecule has 0 saturated carbocycles. The summed E-state index contributed by atoms with van der Waals surface area (Å²) in [4.78, 5) is 7.13. The summed E-state index contributed by atoms with van der Waals surface area (Å²) < 4.78 is 5.40. The van der Waals surface area contributed by atoms with Crippen molar-refractivity contribution in [2.75, 3.05) is 20.2 Å². The summed E-state index contributed by atoms with van der Waals surface area (Å²) in [5.74, 6) is 0. The standard InChI is InChI=1S/C15H25N3O/c1-12(2)16-9-13-5-4-6-14(17-13)10-18-8-7-15(11-18)19-3/h4-6,12,15-16H,7-11H2,1-3H3. The zero-order chi connectivity index (χ0) is 13.7. The van der Waals surface area contributed by atoms with Gasteiger partial charge in [-0.1, -0.05) is 19.9 Å². The van der Waals surface area contributed by atoms with Crippen molar-refractivity contribution in [1.82, 2.24) is 15.2 Å². The number of aromatic nitrogens is 1. The Kier molecular flexibility index (Phi) is 5.31. The normalized spacial score (nSPS) is 20.3.